The normalized spacial score (nSPS) is 12.9. The Bertz CT molecular complexity index is 235. The zero-order chi connectivity index (χ0) is 8.27. The van der Waals surface area contributed by atoms with Gasteiger partial charge in [-0.05, 0) is 17.7 Å². The average molecular weight is 153 g/mol. The summed E-state index contributed by atoms with van der Waals surface area (Å²) < 4.78 is 0. The first-order valence-corrected chi connectivity index (χ1v) is 3.40. The molecule has 0 fully saturated rings. The van der Waals surface area contributed by atoms with Crippen molar-refractivity contribution in [1.29, 1.82) is 0 Å². The minimum absolute atomic E-state index is 0.197. The minimum atomic E-state index is -0.850. The molecule has 0 aromatic heterocycles. The molecule has 0 radical (unpaired) electrons. The van der Waals surface area contributed by atoms with Gasteiger partial charge in [-0.3, -0.25) is 0 Å². The van der Waals surface area contributed by atoms with E-state index in [1.807, 2.05) is 0 Å². The number of aliphatic hydroxyl groups excluding tert-OH is 1. The van der Waals surface area contributed by atoms with E-state index in [0.29, 0.717) is 6.42 Å². The molecule has 0 saturated carbocycles. The SMILES string of the molecule is NC(O)Cc1cccc(O)c1. The molecule has 1 aromatic carbocycles. The molecule has 0 aliphatic heterocycles. The maximum atomic E-state index is 9.00. The number of benzene rings is 1. The van der Waals surface area contributed by atoms with Crippen molar-refractivity contribution in [2.75, 3.05) is 0 Å². The Labute approximate surface area is 65.1 Å². The van der Waals surface area contributed by atoms with Gasteiger partial charge in [-0.1, -0.05) is 12.1 Å². The first-order valence-electron chi connectivity index (χ1n) is 3.40. The van der Waals surface area contributed by atoms with E-state index in [9.17, 15) is 0 Å². The molecular weight excluding hydrogens is 142 g/mol. The van der Waals surface area contributed by atoms with Crippen molar-refractivity contribution in [3.8, 4) is 5.75 Å². The van der Waals surface area contributed by atoms with Crippen LogP contribution >= 0.6 is 0 Å². The monoisotopic (exact) mass is 153 g/mol. The summed E-state index contributed by atoms with van der Waals surface area (Å²) in [5.41, 5.74) is 5.98. The van der Waals surface area contributed by atoms with Crippen LogP contribution in [-0.2, 0) is 6.42 Å². The average Bonchev–Trinajstić information content (AvgIpc) is 1.85. The van der Waals surface area contributed by atoms with Crippen LogP contribution in [-0.4, -0.2) is 16.4 Å². The van der Waals surface area contributed by atoms with E-state index in [1.54, 1.807) is 24.3 Å². The van der Waals surface area contributed by atoms with Crippen LogP contribution in [0.15, 0.2) is 24.3 Å². The highest BCUT2D eigenvalue weighted by atomic mass is 16.3. The lowest BCUT2D eigenvalue weighted by Gasteiger charge is -2.03. The van der Waals surface area contributed by atoms with Gasteiger partial charge < -0.3 is 15.9 Å². The number of rotatable bonds is 2. The zero-order valence-corrected chi connectivity index (χ0v) is 6.07. The van der Waals surface area contributed by atoms with Gasteiger partial charge in [0.15, 0.2) is 0 Å². The Hall–Kier alpha value is -1.06. The fourth-order valence-corrected chi connectivity index (χ4v) is 0.925. The van der Waals surface area contributed by atoms with Crippen LogP contribution in [0.1, 0.15) is 5.56 Å². The van der Waals surface area contributed by atoms with Crippen LogP contribution in [0.5, 0.6) is 5.75 Å². The summed E-state index contributed by atoms with van der Waals surface area (Å²) in [6.45, 7) is 0. The Morgan fingerprint density at radius 1 is 1.45 bits per heavy atom. The third kappa shape index (κ3) is 2.57. The standard InChI is InChI=1S/C8H11NO2/c9-8(11)5-6-2-1-3-7(10)4-6/h1-4,8,10-11H,5,9H2. The van der Waals surface area contributed by atoms with E-state index in [4.69, 9.17) is 15.9 Å². The molecule has 0 amide bonds. The molecule has 0 bridgehead atoms. The Morgan fingerprint density at radius 2 is 2.18 bits per heavy atom. The number of hydrogen-bond acceptors (Lipinski definition) is 3. The molecule has 4 N–H and O–H groups in total. The molecule has 0 saturated heterocycles. The third-order valence-corrected chi connectivity index (χ3v) is 1.36. The lowest BCUT2D eigenvalue weighted by Crippen LogP contribution is -2.21. The summed E-state index contributed by atoms with van der Waals surface area (Å²) in [6, 6.07) is 6.67. The highest BCUT2D eigenvalue weighted by Crippen LogP contribution is 2.11. The molecule has 3 heteroatoms. The van der Waals surface area contributed by atoms with Gasteiger partial charge >= 0.3 is 0 Å². The number of aromatic hydroxyl groups is 1. The molecule has 60 valence electrons. The highest BCUT2D eigenvalue weighted by Gasteiger charge is 1.98. The van der Waals surface area contributed by atoms with E-state index in [2.05, 4.69) is 0 Å². The molecule has 0 aliphatic carbocycles. The lowest BCUT2D eigenvalue weighted by atomic mass is 10.1. The zero-order valence-electron chi connectivity index (χ0n) is 6.07. The lowest BCUT2D eigenvalue weighted by molar-refractivity contribution is 0.183. The van der Waals surface area contributed by atoms with E-state index in [-0.39, 0.29) is 5.75 Å². The van der Waals surface area contributed by atoms with Crippen LogP contribution < -0.4 is 5.73 Å². The highest BCUT2D eigenvalue weighted by molar-refractivity contribution is 5.27. The van der Waals surface area contributed by atoms with E-state index in [1.165, 1.54) is 0 Å². The Balaban J connectivity index is 2.71. The fourth-order valence-electron chi connectivity index (χ4n) is 0.925. The summed E-state index contributed by atoms with van der Waals surface area (Å²) in [5.74, 6) is 0.197. The number of phenolic OH excluding ortho intramolecular Hbond substituents is 1. The summed E-state index contributed by atoms with van der Waals surface area (Å²) in [5, 5.41) is 17.8. The predicted octanol–water partition coefficient (Wildman–Crippen LogP) is 0.212. The molecule has 0 aliphatic rings. The van der Waals surface area contributed by atoms with Crippen LogP contribution in [0.2, 0.25) is 0 Å². The molecule has 1 unspecified atom stereocenters. The van der Waals surface area contributed by atoms with Crippen LogP contribution in [0.3, 0.4) is 0 Å². The number of aliphatic hydroxyl groups is 1. The Kier molecular flexibility index (Phi) is 2.46. The molecule has 1 rings (SSSR count). The summed E-state index contributed by atoms with van der Waals surface area (Å²) in [6.07, 6.45) is -0.481. The second kappa shape index (κ2) is 3.37. The molecule has 3 nitrogen and oxygen atoms in total. The van der Waals surface area contributed by atoms with Crippen molar-refractivity contribution in [1.82, 2.24) is 0 Å². The van der Waals surface area contributed by atoms with Crippen molar-refractivity contribution in [3.63, 3.8) is 0 Å². The minimum Gasteiger partial charge on any atom is -0.508 e. The van der Waals surface area contributed by atoms with Crippen molar-refractivity contribution in [3.05, 3.63) is 29.8 Å². The van der Waals surface area contributed by atoms with Crippen LogP contribution in [0.25, 0.3) is 0 Å². The number of hydrogen-bond donors (Lipinski definition) is 3. The maximum absolute atomic E-state index is 9.00. The number of nitrogens with two attached hydrogens (primary N) is 1. The van der Waals surface area contributed by atoms with Crippen LogP contribution in [0.4, 0.5) is 0 Å². The molecular formula is C8H11NO2. The smallest absolute Gasteiger partial charge is 0.115 e. The third-order valence-electron chi connectivity index (χ3n) is 1.36. The van der Waals surface area contributed by atoms with Crippen molar-refractivity contribution in [2.45, 2.75) is 12.6 Å². The first kappa shape index (κ1) is 8.04. The summed E-state index contributed by atoms with van der Waals surface area (Å²) in [7, 11) is 0. The summed E-state index contributed by atoms with van der Waals surface area (Å²) in [4.78, 5) is 0. The summed E-state index contributed by atoms with van der Waals surface area (Å²) >= 11 is 0. The first-order chi connectivity index (χ1) is 5.18. The fraction of sp³-hybridized carbons (Fsp3) is 0.250. The second-order valence-corrected chi connectivity index (χ2v) is 2.44. The van der Waals surface area contributed by atoms with Gasteiger partial charge in [0.25, 0.3) is 0 Å². The van der Waals surface area contributed by atoms with Gasteiger partial charge in [0.2, 0.25) is 0 Å². The van der Waals surface area contributed by atoms with Crippen molar-refractivity contribution < 1.29 is 10.2 Å². The topological polar surface area (TPSA) is 66.5 Å². The van der Waals surface area contributed by atoms with E-state index < -0.39 is 6.23 Å². The van der Waals surface area contributed by atoms with Gasteiger partial charge in [0, 0.05) is 6.42 Å². The molecule has 1 atom stereocenters. The molecule has 11 heavy (non-hydrogen) atoms. The van der Waals surface area contributed by atoms with E-state index in [0.717, 1.165) is 5.56 Å². The largest absolute Gasteiger partial charge is 0.508 e. The molecule has 0 heterocycles. The predicted molar refractivity (Wildman–Crippen MR) is 42.0 cm³/mol. The van der Waals surface area contributed by atoms with Gasteiger partial charge in [0.1, 0.15) is 12.0 Å². The quantitative estimate of drug-likeness (QED) is 0.532. The van der Waals surface area contributed by atoms with Crippen LogP contribution in [0, 0.1) is 0 Å². The number of phenols is 1. The van der Waals surface area contributed by atoms with Crippen molar-refractivity contribution >= 4 is 0 Å². The van der Waals surface area contributed by atoms with Gasteiger partial charge in [0.05, 0.1) is 0 Å². The second-order valence-electron chi connectivity index (χ2n) is 2.44. The molecule has 1 aromatic rings. The van der Waals surface area contributed by atoms with Crippen molar-refractivity contribution in [2.24, 2.45) is 5.73 Å². The maximum Gasteiger partial charge on any atom is 0.115 e. The molecule has 0 spiro atoms. The van der Waals surface area contributed by atoms with Gasteiger partial charge in [-0.15, -0.1) is 0 Å². The van der Waals surface area contributed by atoms with Gasteiger partial charge in [-0.25, -0.2) is 0 Å². The van der Waals surface area contributed by atoms with Gasteiger partial charge in [-0.2, -0.15) is 0 Å². The Morgan fingerprint density at radius 3 is 2.73 bits per heavy atom. The van der Waals surface area contributed by atoms with E-state index >= 15 is 0 Å².